The summed E-state index contributed by atoms with van der Waals surface area (Å²) >= 11 is 1.99. The van der Waals surface area contributed by atoms with Gasteiger partial charge >= 0.3 is 0 Å². The van der Waals surface area contributed by atoms with Gasteiger partial charge in [-0.1, -0.05) is 44.9 Å². The molecule has 1 N–H and O–H groups in total. The van der Waals surface area contributed by atoms with Gasteiger partial charge < -0.3 is 15.0 Å². The Labute approximate surface area is 168 Å². The highest BCUT2D eigenvalue weighted by Gasteiger charge is 2.35. The van der Waals surface area contributed by atoms with Crippen molar-refractivity contribution in [3.05, 3.63) is 42.5 Å². The minimum absolute atomic E-state index is 0.322. The number of methoxy groups -OCH3 is 1. The normalized spacial score (nSPS) is 19.3. The lowest BCUT2D eigenvalue weighted by atomic mass is 9.81. The predicted molar refractivity (Wildman–Crippen MR) is 119 cm³/mol. The van der Waals surface area contributed by atoms with Gasteiger partial charge in [-0.15, -0.1) is 11.8 Å². The average Bonchev–Trinajstić information content (AvgIpc) is 2.89. The van der Waals surface area contributed by atoms with Gasteiger partial charge in [0.15, 0.2) is 0 Å². The van der Waals surface area contributed by atoms with Crippen LogP contribution >= 0.6 is 11.8 Å². The number of ether oxygens (including phenoxy) is 1. The second-order valence-electron chi connectivity index (χ2n) is 7.44. The molecule has 0 bridgehead atoms. The van der Waals surface area contributed by atoms with E-state index < -0.39 is 0 Å². The van der Waals surface area contributed by atoms with Crippen LogP contribution in [0.1, 0.15) is 39.5 Å². The molecule has 1 aliphatic rings. The largest absolute Gasteiger partial charge is 0.495 e. The number of benzene rings is 2. The quantitative estimate of drug-likeness (QED) is 0.583. The third-order valence-electron chi connectivity index (χ3n) is 5.75. The topological polar surface area (TPSA) is 24.5 Å². The van der Waals surface area contributed by atoms with E-state index in [1.165, 1.54) is 42.0 Å². The fourth-order valence-corrected chi connectivity index (χ4v) is 5.28. The van der Waals surface area contributed by atoms with Gasteiger partial charge in [0.05, 0.1) is 18.5 Å². The standard InChI is InChI=1S/C23H32N2OS/c1-5-7-13-23(6-2)16-25(18-11-9-8-10-12-18)20-14-19(24-3)21(26-4)15-22(20)27-17-23/h8-12,14-15,24H,5-7,13,16-17H2,1-4H3. The van der Waals surface area contributed by atoms with E-state index in [1.807, 2.05) is 18.8 Å². The molecule has 1 unspecified atom stereocenters. The number of rotatable bonds is 7. The third kappa shape index (κ3) is 4.21. The lowest BCUT2D eigenvalue weighted by molar-refractivity contribution is 0.295. The first-order chi connectivity index (χ1) is 13.2. The second-order valence-corrected chi connectivity index (χ2v) is 8.45. The van der Waals surface area contributed by atoms with Gasteiger partial charge in [-0.3, -0.25) is 0 Å². The number of nitrogens with zero attached hydrogens (tertiary/aromatic N) is 1. The maximum atomic E-state index is 5.63. The fourth-order valence-electron chi connectivity index (χ4n) is 3.87. The number of anilines is 3. The second kappa shape index (κ2) is 8.92. The van der Waals surface area contributed by atoms with E-state index in [-0.39, 0.29) is 0 Å². The molecule has 0 radical (unpaired) electrons. The molecule has 1 atom stereocenters. The minimum atomic E-state index is 0.322. The monoisotopic (exact) mass is 384 g/mol. The molecular formula is C23H32N2OS. The Bertz CT molecular complexity index is 750. The number of thioether (sulfide) groups is 1. The Morgan fingerprint density at radius 2 is 1.96 bits per heavy atom. The lowest BCUT2D eigenvalue weighted by Crippen LogP contribution is -2.35. The molecule has 1 aliphatic heterocycles. The Balaban J connectivity index is 2.10. The van der Waals surface area contributed by atoms with Crippen LogP contribution in [0.4, 0.5) is 17.1 Å². The Morgan fingerprint density at radius 3 is 2.59 bits per heavy atom. The predicted octanol–water partition coefficient (Wildman–Crippen LogP) is 6.57. The van der Waals surface area contributed by atoms with E-state index in [9.17, 15) is 0 Å². The molecule has 0 aromatic heterocycles. The number of nitrogens with one attached hydrogen (secondary N) is 1. The summed E-state index contributed by atoms with van der Waals surface area (Å²) in [6.07, 6.45) is 5.02. The fraction of sp³-hybridized carbons (Fsp3) is 0.478. The summed E-state index contributed by atoms with van der Waals surface area (Å²) < 4.78 is 5.63. The Kier molecular flexibility index (Phi) is 6.59. The summed E-state index contributed by atoms with van der Waals surface area (Å²) in [4.78, 5) is 3.83. The molecule has 0 spiro atoms. The van der Waals surface area contributed by atoms with Gasteiger partial charge in [0.25, 0.3) is 0 Å². The molecule has 1 heterocycles. The molecule has 3 nitrogen and oxygen atoms in total. The van der Waals surface area contributed by atoms with Crippen LogP contribution in [0, 0.1) is 5.41 Å². The van der Waals surface area contributed by atoms with Crippen LogP contribution in [-0.4, -0.2) is 26.5 Å². The number of para-hydroxylation sites is 1. The van der Waals surface area contributed by atoms with E-state index in [0.29, 0.717) is 5.41 Å². The van der Waals surface area contributed by atoms with Crippen molar-refractivity contribution in [2.24, 2.45) is 5.41 Å². The van der Waals surface area contributed by atoms with E-state index in [4.69, 9.17) is 4.74 Å². The van der Waals surface area contributed by atoms with Crippen LogP contribution in [-0.2, 0) is 0 Å². The molecular weight excluding hydrogens is 352 g/mol. The summed E-state index contributed by atoms with van der Waals surface area (Å²) in [5, 5.41) is 3.30. The molecule has 27 heavy (non-hydrogen) atoms. The highest BCUT2D eigenvalue weighted by molar-refractivity contribution is 7.99. The molecule has 0 saturated heterocycles. The number of unbranched alkanes of at least 4 members (excludes halogenated alkanes) is 1. The molecule has 0 aliphatic carbocycles. The highest BCUT2D eigenvalue weighted by atomic mass is 32.2. The van der Waals surface area contributed by atoms with Gasteiger partial charge in [0.1, 0.15) is 5.75 Å². The van der Waals surface area contributed by atoms with Gasteiger partial charge in [-0.2, -0.15) is 0 Å². The SMILES string of the molecule is CCCCC1(CC)CSc2cc(OC)c(NC)cc2N(c2ccccc2)C1. The average molecular weight is 385 g/mol. The smallest absolute Gasteiger partial charge is 0.143 e. The zero-order valence-electron chi connectivity index (χ0n) is 17.0. The third-order valence-corrected chi connectivity index (χ3v) is 7.14. The summed E-state index contributed by atoms with van der Waals surface area (Å²) in [6.45, 7) is 5.71. The van der Waals surface area contributed by atoms with E-state index >= 15 is 0 Å². The lowest BCUT2D eigenvalue weighted by Gasteiger charge is -2.37. The zero-order valence-corrected chi connectivity index (χ0v) is 17.9. The van der Waals surface area contributed by atoms with Gasteiger partial charge in [-0.25, -0.2) is 0 Å². The van der Waals surface area contributed by atoms with Crippen molar-refractivity contribution >= 4 is 28.8 Å². The molecule has 0 fully saturated rings. The van der Waals surface area contributed by atoms with Crippen molar-refractivity contribution in [2.75, 3.05) is 36.7 Å². The molecule has 3 rings (SSSR count). The van der Waals surface area contributed by atoms with Crippen LogP contribution < -0.4 is 15.0 Å². The van der Waals surface area contributed by atoms with Crippen molar-refractivity contribution in [1.29, 1.82) is 0 Å². The van der Waals surface area contributed by atoms with Crippen molar-refractivity contribution in [3.63, 3.8) is 0 Å². The summed E-state index contributed by atoms with van der Waals surface area (Å²) in [6, 6.07) is 15.3. The van der Waals surface area contributed by atoms with Crippen LogP contribution in [0.15, 0.2) is 47.4 Å². The molecule has 0 saturated carbocycles. The maximum Gasteiger partial charge on any atom is 0.143 e. The Morgan fingerprint density at radius 1 is 1.19 bits per heavy atom. The molecule has 0 amide bonds. The summed E-state index contributed by atoms with van der Waals surface area (Å²) in [5.74, 6) is 2.07. The van der Waals surface area contributed by atoms with Crippen LogP contribution in [0.3, 0.4) is 0 Å². The summed E-state index contributed by atoms with van der Waals surface area (Å²) in [7, 11) is 3.70. The zero-order chi connectivity index (χ0) is 19.3. The van der Waals surface area contributed by atoms with Crippen molar-refractivity contribution < 1.29 is 4.74 Å². The van der Waals surface area contributed by atoms with Crippen LogP contribution in [0.2, 0.25) is 0 Å². The number of hydrogen-bond acceptors (Lipinski definition) is 4. The van der Waals surface area contributed by atoms with E-state index in [1.54, 1.807) is 7.11 Å². The molecule has 146 valence electrons. The molecule has 4 heteroatoms. The van der Waals surface area contributed by atoms with Crippen LogP contribution in [0.25, 0.3) is 0 Å². The number of fused-ring (bicyclic) bond motifs is 1. The first-order valence-corrected chi connectivity index (χ1v) is 11.0. The number of hydrogen-bond donors (Lipinski definition) is 1. The summed E-state index contributed by atoms with van der Waals surface area (Å²) in [5.41, 5.74) is 3.91. The van der Waals surface area contributed by atoms with Crippen molar-refractivity contribution in [2.45, 2.75) is 44.4 Å². The molecule has 2 aromatic rings. The highest BCUT2D eigenvalue weighted by Crippen LogP contribution is 2.49. The van der Waals surface area contributed by atoms with Crippen LogP contribution in [0.5, 0.6) is 5.75 Å². The first kappa shape index (κ1) is 19.9. The first-order valence-electron chi connectivity index (χ1n) is 10.0. The Hall–Kier alpha value is -1.81. The van der Waals surface area contributed by atoms with Crippen molar-refractivity contribution in [1.82, 2.24) is 0 Å². The van der Waals surface area contributed by atoms with Gasteiger partial charge in [0.2, 0.25) is 0 Å². The maximum absolute atomic E-state index is 5.63. The van der Waals surface area contributed by atoms with Gasteiger partial charge in [0, 0.05) is 29.9 Å². The molecule has 2 aromatic carbocycles. The van der Waals surface area contributed by atoms with E-state index in [2.05, 4.69) is 66.5 Å². The van der Waals surface area contributed by atoms with E-state index in [0.717, 1.165) is 23.7 Å². The minimum Gasteiger partial charge on any atom is -0.495 e. The van der Waals surface area contributed by atoms with Gasteiger partial charge in [-0.05, 0) is 42.5 Å². The van der Waals surface area contributed by atoms with Crippen molar-refractivity contribution in [3.8, 4) is 5.75 Å².